The van der Waals surface area contributed by atoms with Crippen molar-refractivity contribution in [2.24, 2.45) is 0 Å². The van der Waals surface area contributed by atoms with E-state index in [2.05, 4.69) is 5.32 Å². The van der Waals surface area contributed by atoms with Gasteiger partial charge in [-0.15, -0.1) is 0 Å². The minimum Gasteiger partial charge on any atom is -0.454 e. The van der Waals surface area contributed by atoms with Gasteiger partial charge in [0.1, 0.15) is 6.04 Å². The smallest absolute Gasteiger partial charge is 0.254 e. The average molecular weight is 277 g/mol. The van der Waals surface area contributed by atoms with E-state index in [-0.39, 0.29) is 24.2 Å². The van der Waals surface area contributed by atoms with E-state index in [1.165, 1.54) is 6.07 Å². The van der Waals surface area contributed by atoms with Crippen LogP contribution in [-0.2, 0) is 4.79 Å². The Hall–Kier alpha value is -2.44. The van der Waals surface area contributed by atoms with Crippen molar-refractivity contribution in [3.05, 3.63) is 17.7 Å². The number of carbonyl (C=O) groups excluding carboxylic acids is 2. The van der Waals surface area contributed by atoms with Gasteiger partial charge in [-0.05, 0) is 12.5 Å². The van der Waals surface area contributed by atoms with E-state index in [0.717, 1.165) is 0 Å². The number of nitrogen functional groups attached to an aromatic ring is 1. The van der Waals surface area contributed by atoms with Gasteiger partial charge >= 0.3 is 0 Å². The summed E-state index contributed by atoms with van der Waals surface area (Å²) in [7, 11) is 1.71. The summed E-state index contributed by atoms with van der Waals surface area (Å²) in [5.74, 6) is 0.544. The Morgan fingerprint density at radius 1 is 1.40 bits per heavy atom. The van der Waals surface area contributed by atoms with Crippen LogP contribution in [0, 0.1) is 0 Å². The van der Waals surface area contributed by atoms with E-state index in [4.69, 9.17) is 15.2 Å². The number of hydrogen-bond acceptors (Lipinski definition) is 5. The Labute approximate surface area is 115 Å². The van der Waals surface area contributed by atoms with Crippen molar-refractivity contribution in [3.63, 3.8) is 0 Å². The molecule has 2 heterocycles. The van der Waals surface area contributed by atoms with Crippen molar-refractivity contribution in [1.29, 1.82) is 0 Å². The highest BCUT2D eigenvalue weighted by Crippen LogP contribution is 2.35. The van der Waals surface area contributed by atoms with Gasteiger partial charge in [0.2, 0.25) is 12.7 Å². The fourth-order valence-corrected chi connectivity index (χ4v) is 2.35. The number of hydrogen-bond donors (Lipinski definition) is 2. The van der Waals surface area contributed by atoms with Gasteiger partial charge in [-0.1, -0.05) is 0 Å². The Morgan fingerprint density at radius 2 is 2.10 bits per heavy atom. The molecule has 20 heavy (non-hydrogen) atoms. The minimum atomic E-state index is -0.489. The van der Waals surface area contributed by atoms with Gasteiger partial charge in [0.05, 0.1) is 5.56 Å². The number of ether oxygens (including phenoxy) is 2. The maximum atomic E-state index is 12.2. The van der Waals surface area contributed by atoms with Crippen molar-refractivity contribution >= 4 is 17.5 Å². The molecule has 0 bridgehead atoms. The second kappa shape index (κ2) is 4.59. The molecule has 0 saturated carbocycles. The Bertz CT molecular complexity index is 587. The van der Waals surface area contributed by atoms with Crippen LogP contribution in [0.4, 0.5) is 5.69 Å². The Morgan fingerprint density at radius 3 is 2.75 bits per heavy atom. The summed E-state index contributed by atoms with van der Waals surface area (Å²) < 4.78 is 10.4. The first kappa shape index (κ1) is 12.6. The molecule has 2 aliphatic rings. The van der Waals surface area contributed by atoms with Crippen molar-refractivity contribution in [3.8, 4) is 11.5 Å². The molecular formula is C13H15N3O4. The van der Waals surface area contributed by atoms with Crippen LogP contribution in [0.1, 0.15) is 16.8 Å². The van der Waals surface area contributed by atoms with Gasteiger partial charge in [0.25, 0.3) is 5.91 Å². The summed E-state index contributed by atoms with van der Waals surface area (Å²) in [5, 5.41) is 2.70. The number of likely N-dealkylation sites (N-methyl/N-ethyl adjacent to an activating group) is 1. The number of nitrogens with one attached hydrogen (secondary N) is 1. The molecule has 3 N–H and O–H groups in total. The fraction of sp³-hybridized carbons (Fsp3) is 0.385. The molecule has 7 heteroatoms. The van der Waals surface area contributed by atoms with Crippen LogP contribution in [0.3, 0.4) is 0 Å². The molecule has 0 spiro atoms. The van der Waals surface area contributed by atoms with Gasteiger partial charge in [-0.3, -0.25) is 9.59 Å². The van der Waals surface area contributed by atoms with Crippen LogP contribution in [0.2, 0.25) is 0 Å². The SMILES string of the molecule is CN1CCC(NC(=O)c2cc3c(cc2N)OCO3)C1=O. The predicted molar refractivity (Wildman–Crippen MR) is 70.5 cm³/mol. The maximum absolute atomic E-state index is 12.2. The third-order valence-corrected chi connectivity index (χ3v) is 3.52. The molecule has 3 rings (SSSR count). The lowest BCUT2D eigenvalue weighted by atomic mass is 10.1. The van der Waals surface area contributed by atoms with Crippen molar-refractivity contribution in [2.45, 2.75) is 12.5 Å². The molecule has 1 fully saturated rings. The highest BCUT2D eigenvalue weighted by molar-refractivity contribution is 6.02. The summed E-state index contributed by atoms with van der Waals surface area (Å²) in [6, 6.07) is 2.60. The van der Waals surface area contributed by atoms with E-state index in [1.54, 1.807) is 18.0 Å². The zero-order valence-electron chi connectivity index (χ0n) is 11.0. The predicted octanol–water partition coefficient (Wildman–Crippen LogP) is -0.0420. The molecule has 1 unspecified atom stereocenters. The fourth-order valence-electron chi connectivity index (χ4n) is 2.35. The van der Waals surface area contributed by atoms with Crippen molar-refractivity contribution in [1.82, 2.24) is 10.2 Å². The Kier molecular flexibility index (Phi) is 2.89. The van der Waals surface area contributed by atoms with Crippen LogP contribution in [0.25, 0.3) is 0 Å². The second-order valence-corrected chi connectivity index (χ2v) is 4.87. The third-order valence-electron chi connectivity index (χ3n) is 3.52. The first-order chi connectivity index (χ1) is 9.56. The maximum Gasteiger partial charge on any atom is 0.254 e. The summed E-state index contributed by atoms with van der Waals surface area (Å²) >= 11 is 0. The second-order valence-electron chi connectivity index (χ2n) is 4.87. The molecule has 106 valence electrons. The lowest BCUT2D eigenvalue weighted by Crippen LogP contribution is -2.40. The van der Waals surface area contributed by atoms with E-state index in [9.17, 15) is 9.59 Å². The highest BCUT2D eigenvalue weighted by atomic mass is 16.7. The highest BCUT2D eigenvalue weighted by Gasteiger charge is 2.31. The summed E-state index contributed by atoms with van der Waals surface area (Å²) in [6.07, 6.45) is 0.603. The van der Waals surface area contributed by atoms with E-state index < -0.39 is 6.04 Å². The number of rotatable bonds is 2. The molecular weight excluding hydrogens is 262 g/mol. The molecule has 0 aliphatic carbocycles. The Balaban J connectivity index is 1.79. The van der Waals surface area contributed by atoms with E-state index >= 15 is 0 Å². The first-order valence-corrected chi connectivity index (χ1v) is 6.31. The molecule has 2 aliphatic heterocycles. The van der Waals surface area contributed by atoms with Gasteiger partial charge in [-0.2, -0.15) is 0 Å². The van der Waals surface area contributed by atoms with Gasteiger partial charge < -0.3 is 25.4 Å². The molecule has 1 atom stereocenters. The average Bonchev–Trinajstić information content (AvgIpc) is 2.98. The van der Waals surface area contributed by atoms with Crippen LogP contribution < -0.4 is 20.5 Å². The van der Waals surface area contributed by atoms with E-state index in [0.29, 0.717) is 30.2 Å². The van der Waals surface area contributed by atoms with Gasteiger partial charge in [0, 0.05) is 25.3 Å². The monoisotopic (exact) mass is 277 g/mol. The number of benzene rings is 1. The molecule has 0 aromatic heterocycles. The molecule has 0 radical (unpaired) electrons. The van der Waals surface area contributed by atoms with Gasteiger partial charge in [0.15, 0.2) is 11.5 Å². The lowest BCUT2D eigenvalue weighted by molar-refractivity contribution is -0.128. The summed E-state index contributed by atoms with van der Waals surface area (Å²) in [6.45, 7) is 0.756. The van der Waals surface area contributed by atoms with Crippen LogP contribution in [0.5, 0.6) is 11.5 Å². The number of carbonyl (C=O) groups is 2. The number of anilines is 1. The summed E-state index contributed by atoms with van der Waals surface area (Å²) in [5.41, 5.74) is 6.42. The number of fused-ring (bicyclic) bond motifs is 1. The number of nitrogens with two attached hydrogens (primary N) is 1. The lowest BCUT2D eigenvalue weighted by Gasteiger charge is -2.13. The minimum absolute atomic E-state index is 0.0855. The van der Waals surface area contributed by atoms with Crippen LogP contribution >= 0.6 is 0 Å². The zero-order valence-corrected chi connectivity index (χ0v) is 11.0. The largest absolute Gasteiger partial charge is 0.454 e. The van der Waals surface area contributed by atoms with Crippen LogP contribution in [0.15, 0.2) is 12.1 Å². The molecule has 2 amide bonds. The number of nitrogens with zero attached hydrogens (tertiary/aromatic N) is 1. The van der Waals surface area contributed by atoms with Gasteiger partial charge in [-0.25, -0.2) is 0 Å². The van der Waals surface area contributed by atoms with Crippen molar-refractivity contribution in [2.75, 3.05) is 26.1 Å². The third kappa shape index (κ3) is 2.01. The topological polar surface area (TPSA) is 93.9 Å². The van der Waals surface area contributed by atoms with Crippen molar-refractivity contribution < 1.29 is 19.1 Å². The molecule has 1 aromatic rings. The summed E-state index contributed by atoms with van der Waals surface area (Å²) in [4.78, 5) is 25.6. The first-order valence-electron chi connectivity index (χ1n) is 6.31. The molecule has 1 aromatic carbocycles. The zero-order chi connectivity index (χ0) is 14.3. The number of amides is 2. The normalized spacial score (nSPS) is 20.4. The number of likely N-dealkylation sites (tertiary alicyclic amines) is 1. The van der Waals surface area contributed by atoms with Crippen LogP contribution in [-0.4, -0.2) is 43.1 Å². The van der Waals surface area contributed by atoms with E-state index in [1.807, 2.05) is 0 Å². The molecule has 1 saturated heterocycles. The standard InChI is InChI=1S/C13H15N3O4/c1-16-3-2-9(13(16)18)15-12(17)7-4-10-11(5-8(7)14)20-6-19-10/h4-5,9H,2-3,6,14H2,1H3,(H,15,17). The molecule has 7 nitrogen and oxygen atoms in total. The quantitative estimate of drug-likeness (QED) is 0.740.